The minimum Gasteiger partial charge on any atom is -0.468 e. The van der Waals surface area contributed by atoms with Crippen molar-refractivity contribution in [2.45, 2.75) is 18.0 Å². The van der Waals surface area contributed by atoms with Gasteiger partial charge in [0.05, 0.1) is 12.6 Å². The Morgan fingerprint density at radius 2 is 1.22 bits per heavy atom. The summed E-state index contributed by atoms with van der Waals surface area (Å²) in [6.07, 6.45) is 0.806. The Kier molecular flexibility index (Phi) is 4.78. The first kappa shape index (κ1) is 17.5. The van der Waals surface area contributed by atoms with Crippen LogP contribution < -0.4 is 0 Å². The van der Waals surface area contributed by atoms with Crippen LogP contribution in [-0.4, -0.2) is 30.6 Å². The molecule has 0 saturated carbocycles. The molecular formula is C24H23NO2. The van der Waals surface area contributed by atoms with E-state index in [1.165, 1.54) is 7.11 Å². The first-order valence-corrected chi connectivity index (χ1v) is 9.29. The molecule has 3 nitrogen and oxygen atoms in total. The van der Waals surface area contributed by atoms with Crippen LogP contribution in [0.1, 0.15) is 23.1 Å². The highest BCUT2D eigenvalue weighted by molar-refractivity contribution is 5.77. The number of likely N-dealkylation sites (tertiary alicyclic amines) is 1. The number of carbonyl (C=O) groups excluding carboxylic acids is 1. The fourth-order valence-corrected chi connectivity index (χ4v) is 4.21. The van der Waals surface area contributed by atoms with Crippen LogP contribution in [0.2, 0.25) is 0 Å². The summed E-state index contributed by atoms with van der Waals surface area (Å²) >= 11 is 0. The summed E-state index contributed by atoms with van der Waals surface area (Å²) in [4.78, 5) is 14.8. The zero-order valence-electron chi connectivity index (χ0n) is 15.4. The first-order valence-electron chi connectivity index (χ1n) is 9.29. The highest BCUT2D eigenvalue weighted by atomic mass is 16.5. The molecule has 0 aromatic heterocycles. The quantitative estimate of drug-likeness (QED) is 0.506. The van der Waals surface area contributed by atoms with Crippen molar-refractivity contribution in [3.8, 4) is 0 Å². The van der Waals surface area contributed by atoms with Gasteiger partial charge in [0.15, 0.2) is 0 Å². The number of ether oxygens (including phenoxy) is 1. The van der Waals surface area contributed by atoms with E-state index in [1.807, 2.05) is 18.2 Å². The molecule has 0 unspecified atom stereocenters. The highest BCUT2D eigenvalue weighted by Crippen LogP contribution is 2.46. The third-order valence-electron chi connectivity index (χ3n) is 5.50. The molecule has 1 heterocycles. The second kappa shape index (κ2) is 7.37. The molecule has 27 heavy (non-hydrogen) atoms. The average Bonchev–Trinajstić information content (AvgIpc) is 2.72. The van der Waals surface area contributed by atoms with Gasteiger partial charge in [-0.15, -0.1) is 0 Å². The minimum atomic E-state index is -0.541. The Morgan fingerprint density at radius 3 is 1.52 bits per heavy atom. The maximum absolute atomic E-state index is 12.5. The van der Waals surface area contributed by atoms with E-state index in [1.54, 1.807) is 0 Å². The summed E-state index contributed by atoms with van der Waals surface area (Å²) < 4.78 is 5.11. The highest BCUT2D eigenvalue weighted by Gasteiger charge is 2.51. The predicted molar refractivity (Wildman–Crippen MR) is 106 cm³/mol. The molecule has 1 aliphatic heterocycles. The molecule has 3 aromatic carbocycles. The van der Waals surface area contributed by atoms with E-state index in [4.69, 9.17) is 4.74 Å². The standard InChI is InChI=1S/C24H23NO2/c1-27-23(26)22-17-18-25(22)24(19-11-5-2-6-12-19,20-13-7-3-8-14-20)21-15-9-4-10-16-21/h2-16,22H,17-18H2,1H3/t22-/m0/s1. The van der Waals surface area contributed by atoms with E-state index >= 15 is 0 Å². The third-order valence-corrected chi connectivity index (χ3v) is 5.50. The Hall–Kier alpha value is -2.91. The summed E-state index contributed by atoms with van der Waals surface area (Å²) in [5.74, 6) is -0.173. The summed E-state index contributed by atoms with van der Waals surface area (Å²) in [7, 11) is 1.47. The normalized spacial score (nSPS) is 17.1. The van der Waals surface area contributed by atoms with Crippen LogP contribution in [-0.2, 0) is 15.1 Å². The van der Waals surface area contributed by atoms with E-state index in [2.05, 4.69) is 77.7 Å². The van der Waals surface area contributed by atoms with Crippen LogP contribution in [0.4, 0.5) is 0 Å². The molecule has 0 aliphatic carbocycles. The van der Waals surface area contributed by atoms with Crippen molar-refractivity contribution in [1.29, 1.82) is 0 Å². The number of carbonyl (C=O) groups is 1. The lowest BCUT2D eigenvalue weighted by atomic mass is 9.72. The van der Waals surface area contributed by atoms with Gasteiger partial charge in [0.2, 0.25) is 0 Å². The topological polar surface area (TPSA) is 29.5 Å². The smallest absolute Gasteiger partial charge is 0.323 e. The number of hydrogen-bond donors (Lipinski definition) is 0. The Bertz CT molecular complexity index is 797. The van der Waals surface area contributed by atoms with Gasteiger partial charge in [-0.3, -0.25) is 9.69 Å². The number of rotatable bonds is 5. The molecule has 0 N–H and O–H groups in total. The van der Waals surface area contributed by atoms with Gasteiger partial charge < -0.3 is 4.74 Å². The zero-order valence-corrected chi connectivity index (χ0v) is 15.4. The van der Waals surface area contributed by atoms with Gasteiger partial charge in [0.1, 0.15) is 6.04 Å². The molecule has 4 rings (SSSR count). The maximum Gasteiger partial charge on any atom is 0.323 e. The number of hydrogen-bond acceptors (Lipinski definition) is 3. The van der Waals surface area contributed by atoms with Crippen molar-refractivity contribution in [3.05, 3.63) is 108 Å². The third kappa shape index (κ3) is 2.84. The largest absolute Gasteiger partial charge is 0.468 e. The molecule has 0 radical (unpaired) electrons. The molecule has 0 bridgehead atoms. The van der Waals surface area contributed by atoms with Crippen molar-refractivity contribution in [2.75, 3.05) is 13.7 Å². The lowest BCUT2D eigenvalue weighted by Crippen LogP contribution is -2.63. The maximum atomic E-state index is 12.5. The molecule has 0 amide bonds. The Balaban J connectivity index is 2.00. The number of methoxy groups -OCH3 is 1. The van der Waals surface area contributed by atoms with E-state index in [0.717, 1.165) is 29.7 Å². The molecule has 0 spiro atoms. The molecule has 1 fully saturated rings. The van der Waals surface area contributed by atoms with Gasteiger partial charge in [-0.25, -0.2) is 0 Å². The number of nitrogens with zero attached hydrogens (tertiary/aromatic N) is 1. The fraction of sp³-hybridized carbons (Fsp3) is 0.208. The first-order chi connectivity index (χ1) is 13.3. The van der Waals surface area contributed by atoms with Crippen molar-refractivity contribution < 1.29 is 9.53 Å². The van der Waals surface area contributed by atoms with E-state index < -0.39 is 5.54 Å². The number of benzene rings is 3. The van der Waals surface area contributed by atoms with Crippen LogP contribution in [0.25, 0.3) is 0 Å². The van der Waals surface area contributed by atoms with E-state index in [0.29, 0.717) is 0 Å². The SMILES string of the molecule is COC(=O)[C@@H]1CCN1C(c1ccccc1)(c1ccccc1)c1ccccc1. The number of esters is 1. The fourth-order valence-electron chi connectivity index (χ4n) is 4.21. The second-order valence-corrected chi connectivity index (χ2v) is 6.83. The molecule has 136 valence electrons. The summed E-state index contributed by atoms with van der Waals surface area (Å²) in [5, 5.41) is 0. The summed E-state index contributed by atoms with van der Waals surface area (Å²) in [6.45, 7) is 0.832. The van der Waals surface area contributed by atoms with Crippen LogP contribution in [0.3, 0.4) is 0 Å². The zero-order chi connectivity index (χ0) is 18.7. The molecule has 3 aromatic rings. The van der Waals surface area contributed by atoms with Crippen LogP contribution in [0.5, 0.6) is 0 Å². The van der Waals surface area contributed by atoms with Gasteiger partial charge in [-0.1, -0.05) is 91.0 Å². The van der Waals surface area contributed by atoms with Crippen molar-refractivity contribution in [3.63, 3.8) is 0 Å². The summed E-state index contributed by atoms with van der Waals surface area (Å²) in [5.41, 5.74) is 2.91. The second-order valence-electron chi connectivity index (χ2n) is 6.83. The molecule has 1 atom stereocenters. The predicted octanol–water partition coefficient (Wildman–Crippen LogP) is 4.23. The van der Waals surface area contributed by atoms with Gasteiger partial charge >= 0.3 is 5.97 Å². The molecule has 3 heteroatoms. The van der Waals surface area contributed by atoms with Gasteiger partial charge in [-0.05, 0) is 23.1 Å². The summed E-state index contributed by atoms with van der Waals surface area (Å²) in [6, 6.07) is 31.0. The van der Waals surface area contributed by atoms with Gasteiger partial charge in [0, 0.05) is 6.54 Å². The molecular weight excluding hydrogens is 334 g/mol. The van der Waals surface area contributed by atoms with E-state index in [-0.39, 0.29) is 12.0 Å². The van der Waals surface area contributed by atoms with Crippen LogP contribution >= 0.6 is 0 Å². The minimum absolute atomic E-state index is 0.173. The van der Waals surface area contributed by atoms with Crippen LogP contribution in [0, 0.1) is 0 Å². The van der Waals surface area contributed by atoms with Gasteiger partial charge in [-0.2, -0.15) is 0 Å². The molecule has 1 aliphatic rings. The Morgan fingerprint density at radius 1 is 0.815 bits per heavy atom. The monoisotopic (exact) mass is 357 g/mol. The van der Waals surface area contributed by atoms with Crippen molar-refractivity contribution >= 4 is 5.97 Å². The van der Waals surface area contributed by atoms with Crippen molar-refractivity contribution in [2.24, 2.45) is 0 Å². The Labute approximate surface area is 160 Å². The lowest BCUT2D eigenvalue weighted by Gasteiger charge is -2.53. The lowest BCUT2D eigenvalue weighted by molar-refractivity contribution is -0.155. The van der Waals surface area contributed by atoms with Gasteiger partial charge in [0.25, 0.3) is 0 Å². The molecule has 1 saturated heterocycles. The van der Waals surface area contributed by atoms with Crippen molar-refractivity contribution in [1.82, 2.24) is 4.90 Å². The average molecular weight is 357 g/mol. The van der Waals surface area contributed by atoms with E-state index in [9.17, 15) is 4.79 Å². The van der Waals surface area contributed by atoms with Crippen LogP contribution in [0.15, 0.2) is 91.0 Å².